The Morgan fingerprint density at radius 2 is 2.00 bits per heavy atom. The molecular formula is C19H26ClN3O2. The number of anilines is 1. The minimum absolute atomic E-state index is 0. The second kappa shape index (κ2) is 9.02. The van der Waals surface area contributed by atoms with E-state index in [1.54, 1.807) is 6.20 Å². The van der Waals surface area contributed by atoms with Crippen molar-refractivity contribution in [2.24, 2.45) is 11.8 Å². The molecule has 1 unspecified atom stereocenters. The van der Waals surface area contributed by atoms with Gasteiger partial charge in [-0.15, -0.1) is 12.4 Å². The number of piperidine rings is 1. The first-order chi connectivity index (χ1) is 11.6. The van der Waals surface area contributed by atoms with Crippen molar-refractivity contribution in [1.29, 1.82) is 0 Å². The number of benzene rings is 1. The molecule has 0 spiro atoms. The lowest BCUT2D eigenvalue weighted by atomic mass is 9.84. The molecule has 1 aliphatic heterocycles. The average Bonchev–Trinajstić information content (AvgIpc) is 3.02. The van der Waals surface area contributed by atoms with Crippen LogP contribution in [0.1, 0.15) is 32.1 Å². The van der Waals surface area contributed by atoms with Gasteiger partial charge in [-0.2, -0.15) is 0 Å². The standard InChI is InChI=1S/C19H25N3O2.ClH/c1-13(15-7-9-20-10-8-15)11-19(23)22-17-5-3-16(4-6-17)18-12-21-14(2)24-18;/h3-6,12-13,15,20H,7-11H2,1-2H3,(H,22,23);1H. The maximum absolute atomic E-state index is 12.3. The van der Waals surface area contributed by atoms with Crippen LogP contribution in [0.25, 0.3) is 11.3 Å². The summed E-state index contributed by atoms with van der Waals surface area (Å²) in [5.41, 5.74) is 1.77. The van der Waals surface area contributed by atoms with Crippen LogP contribution in [0.2, 0.25) is 0 Å². The molecule has 1 aromatic heterocycles. The van der Waals surface area contributed by atoms with Crippen molar-refractivity contribution in [1.82, 2.24) is 10.3 Å². The lowest BCUT2D eigenvalue weighted by Crippen LogP contribution is -2.32. The molecule has 1 amide bonds. The molecule has 3 rings (SSSR count). The number of nitrogens with zero attached hydrogens (tertiary/aromatic N) is 1. The predicted molar refractivity (Wildman–Crippen MR) is 102 cm³/mol. The molecule has 5 nitrogen and oxygen atoms in total. The maximum Gasteiger partial charge on any atom is 0.224 e. The summed E-state index contributed by atoms with van der Waals surface area (Å²) in [6, 6.07) is 7.68. The smallest absolute Gasteiger partial charge is 0.224 e. The molecule has 1 fully saturated rings. The predicted octanol–water partition coefficient (Wildman–Crippen LogP) is 4.04. The van der Waals surface area contributed by atoms with Crippen LogP contribution in [0.15, 0.2) is 34.9 Å². The number of halogens is 1. The number of amides is 1. The van der Waals surface area contributed by atoms with Gasteiger partial charge in [0.2, 0.25) is 5.91 Å². The van der Waals surface area contributed by atoms with Gasteiger partial charge in [0.05, 0.1) is 6.20 Å². The maximum atomic E-state index is 12.3. The van der Waals surface area contributed by atoms with Crippen molar-refractivity contribution >= 4 is 24.0 Å². The van der Waals surface area contributed by atoms with Gasteiger partial charge in [-0.3, -0.25) is 4.79 Å². The summed E-state index contributed by atoms with van der Waals surface area (Å²) in [6.45, 7) is 6.14. The highest BCUT2D eigenvalue weighted by molar-refractivity contribution is 5.91. The number of hydrogen-bond donors (Lipinski definition) is 2. The number of aromatic nitrogens is 1. The Balaban J connectivity index is 0.00000225. The highest BCUT2D eigenvalue weighted by Gasteiger charge is 2.22. The van der Waals surface area contributed by atoms with Gasteiger partial charge in [-0.05, 0) is 62.0 Å². The van der Waals surface area contributed by atoms with Crippen molar-refractivity contribution < 1.29 is 9.21 Å². The zero-order chi connectivity index (χ0) is 16.9. The summed E-state index contributed by atoms with van der Waals surface area (Å²) in [5, 5.41) is 6.37. The molecule has 136 valence electrons. The fourth-order valence-electron chi connectivity index (χ4n) is 3.30. The highest BCUT2D eigenvalue weighted by atomic mass is 35.5. The summed E-state index contributed by atoms with van der Waals surface area (Å²) in [4.78, 5) is 16.4. The third-order valence-corrected chi connectivity index (χ3v) is 4.77. The zero-order valence-electron chi connectivity index (χ0n) is 14.7. The molecule has 1 saturated heterocycles. The van der Waals surface area contributed by atoms with E-state index < -0.39 is 0 Å². The van der Waals surface area contributed by atoms with E-state index in [2.05, 4.69) is 22.5 Å². The fourth-order valence-corrected chi connectivity index (χ4v) is 3.30. The molecule has 0 radical (unpaired) electrons. The van der Waals surface area contributed by atoms with E-state index in [0.717, 1.165) is 30.1 Å². The topological polar surface area (TPSA) is 67.2 Å². The second-order valence-electron chi connectivity index (χ2n) is 6.64. The molecule has 1 atom stereocenters. The van der Waals surface area contributed by atoms with E-state index >= 15 is 0 Å². The van der Waals surface area contributed by atoms with E-state index in [-0.39, 0.29) is 18.3 Å². The van der Waals surface area contributed by atoms with Crippen molar-refractivity contribution in [3.63, 3.8) is 0 Å². The van der Waals surface area contributed by atoms with Gasteiger partial charge >= 0.3 is 0 Å². The van der Waals surface area contributed by atoms with Crippen LogP contribution in [0, 0.1) is 18.8 Å². The molecule has 25 heavy (non-hydrogen) atoms. The van der Waals surface area contributed by atoms with Gasteiger partial charge in [0.1, 0.15) is 0 Å². The molecule has 2 heterocycles. The number of carbonyl (C=O) groups is 1. The Morgan fingerprint density at radius 1 is 1.32 bits per heavy atom. The van der Waals surface area contributed by atoms with E-state index in [1.165, 1.54) is 12.8 Å². The van der Waals surface area contributed by atoms with Crippen LogP contribution in [0.4, 0.5) is 5.69 Å². The lowest BCUT2D eigenvalue weighted by molar-refractivity contribution is -0.117. The molecule has 0 saturated carbocycles. The number of rotatable bonds is 5. The normalized spacial score (nSPS) is 16.1. The quantitative estimate of drug-likeness (QED) is 0.841. The molecule has 0 aliphatic carbocycles. The number of carbonyl (C=O) groups excluding carboxylic acids is 1. The minimum Gasteiger partial charge on any atom is -0.441 e. The van der Waals surface area contributed by atoms with Gasteiger partial charge in [0.15, 0.2) is 11.7 Å². The van der Waals surface area contributed by atoms with Crippen LogP contribution in [-0.4, -0.2) is 24.0 Å². The monoisotopic (exact) mass is 363 g/mol. The van der Waals surface area contributed by atoms with Crippen molar-refractivity contribution in [2.45, 2.75) is 33.1 Å². The SMILES string of the molecule is Cc1ncc(-c2ccc(NC(=O)CC(C)C3CCNCC3)cc2)o1.Cl. The Labute approximate surface area is 155 Å². The molecule has 0 bridgehead atoms. The van der Waals surface area contributed by atoms with E-state index in [9.17, 15) is 4.79 Å². The van der Waals surface area contributed by atoms with E-state index in [1.807, 2.05) is 31.2 Å². The van der Waals surface area contributed by atoms with Crippen LogP contribution in [0.5, 0.6) is 0 Å². The first kappa shape index (κ1) is 19.5. The van der Waals surface area contributed by atoms with Gasteiger partial charge in [-0.1, -0.05) is 6.92 Å². The summed E-state index contributed by atoms with van der Waals surface area (Å²) in [7, 11) is 0. The Morgan fingerprint density at radius 3 is 2.60 bits per heavy atom. The molecule has 1 aromatic carbocycles. The van der Waals surface area contributed by atoms with Crippen LogP contribution in [0.3, 0.4) is 0 Å². The van der Waals surface area contributed by atoms with Crippen molar-refractivity contribution in [3.8, 4) is 11.3 Å². The Kier molecular flexibility index (Phi) is 7.02. The second-order valence-corrected chi connectivity index (χ2v) is 6.64. The summed E-state index contributed by atoms with van der Waals surface area (Å²) < 4.78 is 5.51. The largest absolute Gasteiger partial charge is 0.441 e. The van der Waals surface area contributed by atoms with Gasteiger partial charge < -0.3 is 15.1 Å². The van der Waals surface area contributed by atoms with E-state index in [4.69, 9.17) is 4.42 Å². The highest BCUT2D eigenvalue weighted by Crippen LogP contribution is 2.25. The molecule has 6 heteroatoms. The molecule has 2 aromatic rings. The zero-order valence-corrected chi connectivity index (χ0v) is 15.6. The minimum atomic E-state index is 0. The number of oxazole rings is 1. The fraction of sp³-hybridized carbons (Fsp3) is 0.474. The third kappa shape index (κ3) is 5.31. The van der Waals surface area contributed by atoms with Crippen LogP contribution >= 0.6 is 12.4 Å². The van der Waals surface area contributed by atoms with Gasteiger partial charge in [0, 0.05) is 24.6 Å². The molecule has 2 N–H and O–H groups in total. The summed E-state index contributed by atoms with van der Waals surface area (Å²) in [5.74, 6) is 2.54. The Bertz CT molecular complexity index is 678. The third-order valence-electron chi connectivity index (χ3n) is 4.77. The molecular weight excluding hydrogens is 338 g/mol. The summed E-state index contributed by atoms with van der Waals surface area (Å²) in [6.07, 6.45) is 4.62. The van der Waals surface area contributed by atoms with E-state index in [0.29, 0.717) is 24.1 Å². The van der Waals surface area contributed by atoms with Crippen LogP contribution in [-0.2, 0) is 4.79 Å². The Hall–Kier alpha value is -1.85. The number of aryl methyl sites for hydroxylation is 1. The average molecular weight is 364 g/mol. The first-order valence-electron chi connectivity index (χ1n) is 8.65. The van der Waals surface area contributed by atoms with Crippen LogP contribution < -0.4 is 10.6 Å². The summed E-state index contributed by atoms with van der Waals surface area (Å²) >= 11 is 0. The number of hydrogen-bond acceptors (Lipinski definition) is 4. The van der Waals surface area contributed by atoms with Gasteiger partial charge in [-0.25, -0.2) is 4.98 Å². The van der Waals surface area contributed by atoms with Crippen molar-refractivity contribution in [2.75, 3.05) is 18.4 Å². The molecule has 1 aliphatic rings. The lowest BCUT2D eigenvalue weighted by Gasteiger charge is -2.27. The first-order valence-corrected chi connectivity index (χ1v) is 8.65. The van der Waals surface area contributed by atoms with Gasteiger partial charge in [0.25, 0.3) is 0 Å². The number of nitrogens with one attached hydrogen (secondary N) is 2. The van der Waals surface area contributed by atoms with Crippen molar-refractivity contribution in [3.05, 3.63) is 36.4 Å².